The molecule has 4 heteroatoms. The number of hydrogen-bond donors (Lipinski definition) is 0. The number of benzene rings is 1. The molecule has 0 aromatic heterocycles. The van der Waals surface area contributed by atoms with E-state index in [1.54, 1.807) is 12.1 Å². The molecule has 1 aromatic rings. The maximum atomic E-state index is 11.6. The summed E-state index contributed by atoms with van der Waals surface area (Å²) in [7, 11) is 1.89. The van der Waals surface area contributed by atoms with Gasteiger partial charge in [0.25, 0.3) is 0 Å². The number of rotatable bonds is 4. The molecule has 0 N–H and O–H groups in total. The smallest absolute Gasteiger partial charge is 0.308 e. The molecule has 0 saturated carbocycles. The Morgan fingerprint density at radius 1 is 1.42 bits per heavy atom. The van der Waals surface area contributed by atoms with Gasteiger partial charge in [-0.25, -0.2) is 0 Å². The normalized spacial score (nSPS) is 10.7. The second kappa shape index (κ2) is 6.24. The maximum Gasteiger partial charge on any atom is 0.308 e. The predicted octanol–water partition coefficient (Wildman–Crippen LogP) is 2.73. The Balaban J connectivity index is 2.54. The molecule has 1 rings (SSSR count). The average molecular weight is 260 g/mol. The second-order valence-electron chi connectivity index (χ2n) is 5.42. The summed E-state index contributed by atoms with van der Waals surface area (Å²) in [4.78, 5) is 13.6. The van der Waals surface area contributed by atoms with Crippen molar-refractivity contribution >= 4 is 11.7 Å². The first kappa shape index (κ1) is 15.0. The molecule has 102 valence electrons. The fraction of sp³-hybridized carbons (Fsp3) is 0.467. The third-order valence-electron chi connectivity index (χ3n) is 2.49. The van der Waals surface area contributed by atoms with Gasteiger partial charge in [0.1, 0.15) is 5.60 Å². The number of ether oxygens (including phenoxy) is 1. The highest BCUT2D eigenvalue weighted by Gasteiger charge is 2.16. The van der Waals surface area contributed by atoms with Crippen molar-refractivity contribution in [3.8, 4) is 6.07 Å². The minimum atomic E-state index is -0.448. The molecule has 0 aliphatic carbocycles. The Bertz CT molecular complexity index is 484. The first-order chi connectivity index (χ1) is 8.81. The zero-order chi connectivity index (χ0) is 14.5. The summed E-state index contributed by atoms with van der Waals surface area (Å²) in [5, 5.41) is 8.85. The molecule has 0 fully saturated rings. The third kappa shape index (κ3) is 5.43. The van der Waals surface area contributed by atoms with Gasteiger partial charge >= 0.3 is 5.97 Å². The van der Waals surface area contributed by atoms with E-state index in [1.807, 2.05) is 44.9 Å². The number of carbonyl (C=O) groups is 1. The molecule has 0 spiro atoms. The first-order valence-electron chi connectivity index (χ1n) is 6.25. The number of nitrogens with zero attached hydrogens (tertiary/aromatic N) is 2. The number of esters is 1. The van der Waals surface area contributed by atoms with E-state index in [-0.39, 0.29) is 5.97 Å². The van der Waals surface area contributed by atoms with Crippen molar-refractivity contribution in [1.82, 2.24) is 0 Å². The van der Waals surface area contributed by atoms with Gasteiger partial charge in [0.15, 0.2) is 0 Å². The van der Waals surface area contributed by atoms with E-state index in [1.165, 1.54) is 0 Å². The summed E-state index contributed by atoms with van der Waals surface area (Å²) in [6.45, 7) is 6.12. The lowest BCUT2D eigenvalue weighted by molar-refractivity contribution is -0.154. The Labute approximate surface area is 114 Å². The van der Waals surface area contributed by atoms with Gasteiger partial charge in [0.05, 0.1) is 18.1 Å². The largest absolute Gasteiger partial charge is 0.460 e. The zero-order valence-electron chi connectivity index (χ0n) is 11.9. The number of carbonyl (C=O) groups excluding carboxylic acids is 1. The SMILES string of the molecule is CN(CCC(=O)OC(C)(C)C)c1cccc(C#N)c1. The summed E-state index contributed by atoms with van der Waals surface area (Å²) in [6.07, 6.45) is 0.324. The van der Waals surface area contributed by atoms with Crippen molar-refractivity contribution in [2.75, 3.05) is 18.5 Å². The molecule has 0 amide bonds. The van der Waals surface area contributed by atoms with Gasteiger partial charge in [-0.1, -0.05) is 6.07 Å². The highest BCUT2D eigenvalue weighted by molar-refractivity contribution is 5.70. The van der Waals surface area contributed by atoms with E-state index in [9.17, 15) is 4.79 Å². The molecule has 0 atom stereocenters. The van der Waals surface area contributed by atoms with Gasteiger partial charge in [-0.3, -0.25) is 4.79 Å². The van der Waals surface area contributed by atoms with E-state index in [2.05, 4.69) is 6.07 Å². The van der Waals surface area contributed by atoms with E-state index in [0.29, 0.717) is 18.5 Å². The minimum Gasteiger partial charge on any atom is -0.460 e. The molecular formula is C15H20N2O2. The number of hydrogen-bond acceptors (Lipinski definition) is 4. The van der Waals surface area contributed by atoms with Crippen LogP contribution in [0, 0.1) is 11.3 Å². The highest BCUT2D eigenvalue weighted by atomic mass is 16.6. The van der Waals surface area contributed by atoms with Crippen LogP contribution in [0.25, 0.3) is 0 Å². The van der Waals surface area contributed by atoms with Gasteiger partial charge in [0, 0.05) is 19.3 Å². The standard InChI is InChI=1S/C15H20N2O2/c1-15(2,3)19-14(18)8-9-17(4)13-7-5-6-12(10-13)11-16/h5-7,10H,8-9H2,1-4H3. The van der Waals surface area contributed by atoms with Crippen LogP contribution in [0.1, 0.15) is 32.8 Å². The second-order valence-corrected chi connectivity index (χ2v) is 5.42. The van der Waals surface area contributed by atoms with Crippen molar-refractivity contribution in [3.05, 3.63) is 29.8 Å². The summed E-state index contributed by atoms with van der Waals surface area (Å²) >= 11 is 0. The fourth-order valence-electron chi connectivity index (χ4n) is 1.59. The molecule has 0 radical (unpaired) electrons. The van der Waals surface area contributed by atoms with Crippen LogP contribution in [0.4, 0.5) is 5.69 Å². The van der Waals surface area contributed by atoms with Crippen molar-refractivity contribution in [2.24, 2.45) is 0 Å². The quantitative estimate of drug-likeness (QED) is 0.781. The predicted molar refractivity (Wildman–Crippen MR) is 74.9 cm³/mol. The molecule has 0 heterocycles. The van der Waals surface area contributed by atoms with Crippen LogP contribution in [-0.2, 0) is 9.53 Å². The van der Waals surface area contributed by atoms with Crippen LogP contribution in [0.2, 0.25) is 0 Å². The van der Waals surface area contributed by atoms with Crippen LogP contribution < -0.4 is 4.90 Å². The van der Waals surface area contributed by atoms with E-state index >= 15 is 0 Å². The van der Waals surface area contributed by atoms with Crippen LogP contribution >= 0.6 is 0 Å². The van der Waals surface area contributed by atoms with Crippen LogP contribution in [0.15, 0.2) is 24.3 Å². The Morgan fingerprint density at radius 3 is 2.68 bits per heavy atom. The van der Waals surface area contributed by atoms with Gasteiger partial charge < -0.3 is 9.64 Å². The Morgan fingerprint density at radius 2 is 2.11 bits per heavy atom. The number of anilines is 1. The third-order valence-corrected chi connectivity index (χ3v) is 2.49. The lowest BCUT2D eigenvalue weighted by Crippen LogP contribution is -2.27. The lowest BCUT2D eigenvalue weighted by Gasteiger charge is -2.22. The maximum absolute atomic E-state index is 11.6. The summed E-state index contributed by atoms with van der Waals surface area (Å²) in [5.41, 5.74) is 1.08. The molecule has 19 heavy (non-hydrogen) atoms. The van der Waals surface area contributed by atoms with Gasteiger partial charge in [0.2, 0.25) is 0 Å². The monoisotopic (exact) mass is 260 g/mol. The molecule has 0 bridgehead atoms. The van der Waals surface area contributed by atoms with Crippen LogP contribution in [0.3, 0.4) is 0 Å². The fourth-order valence-corrected chi connectivity index (χ4v) is 1.59. The number of nitriles is 1. The molecule has 0 aliphatic heterocycles. The lowest BCUT2D eigenvalue weighted by atomic mass is 10.2. The molecule has 0 aliphatic rings. The van der Waals surface area contributed by atoms with Crippen molar-refractivity contribution < 1.29 is 9.53 Å². The van der Waals surface area contributed by atoms with Crippen molar-refractivity contribution in [1.29, 1.82) is 5.26 Å². The summed E-state index contributed by atoms with van der Waals surface area (Å²) in [5.74, 6) is -0.212. The van der Waals surface area contributed by atoms with E-state index < -0.39 is 5.60 Å². The van der Waals surface area contributed by atoms with E-state index in [4.69, 9.17) is 10.00 Å². The first-order valence-corrected chi connectivity index (χ1v) is 6.25. The molecule has 1 aromatic carbocycles. The minimum absolute atomic E-state index is 0.212. The zero-order valence-corrected chi connectivity index (χ0v) is 11.9. The van der Waals surface area contributed by atoms with Gasteiger partial charge in [-0.2, -0.15) is 5.26 Å². The van der Waals surface area contributed by atoms with Crippen molar-refractivity contribution in [3.63, 3.8) is 0 Å². The Hall–Kier alpha value is -2.02. The molecular weight excluding hydrogens is 240 g/mol. The highest BCUT2D eigenvalue weighted by Crippen LogP contribution is 2.15. The molecule has 0 unspecified atom stereocenters. The van der Waals surface area contributed by atoms with Gasteiger partial charge in [-0.05, 0) is 39.0 Å². The topological polar surface area (TPSA) is 53.3 Å². The van der Waals surface area contributed by atoms with Crippen molar-refractivity contribution in [2.45, 2.75) is 32.8 Å². The molecule has 4 nitrogen and oxygen atoms in total. The van der Waals surface area contributed by atoms with Crippen LogP contribution in [-0.4, -0.2) is 25.2 Å². The summed E-state index contributed by atoms with van der Waals surface area (Å²) in [6, 6.07) is 9.40. The van der Waals surface area contributed by atoms with E-state index in [0.717, 1.165) is 5.69 Å². The van der Waals surface area contributed by atoms with Crippen LogP contribution in [0.5, 0.6) is 0 Å². The Kier molecular flexibility index (Phi) is 4.94. The summed E-state index contributed by atoms with van der Waals surface area (Å²) < 4.78 is 5.25. The average Bonchev–Trinajstić information content (AvgIpc) is 2.34. The van der Waals surface area contributed by atoms with Gasteiger partial charge in [-0.15, -0.1) is 0 Å². The molecule has 0 saturated heterocycles.